The number of hydrogen-bond donors (Lipinski definition) is 1. The number of phenols is 1. The smallest absolute Gasteiger partial charge is 0.870 e. The number of aryl methyl sites for hydroxylation is 1. The van der Waals surface area contributed by atoms with E-state index in [1.807, 2.05) is 0 Å². The summed E-state index contributed by atoms with van der Waals surface area (Å²) >= 11 is 0. The summed E-state index contributed by atoms with van der Waals surface area (Å²) in [4.78, 5) is 19.4. The van der Waals surface area contributed by atoms with Crippen LogP contribution in [0.25, 0.3) is 0 Å². The number of phenolic OH excluding ortho intramolecular Hbond substituents is 1. The second-order valence-corrected chi connectivity index (χ2v) is 8.29. The number of aromatic hydroxyl groups is 1. The number of nitro benzene ring substituents is 2. The van der Waals surface area contributed by atoms with Crippen LogP contribution in [-0.2, 0) is 27.5 Å². The van der Waals surface area contributed by atoms with E-state index in [4.69, 9.17) is 0 Å². The molecule has 0 atom stereocenters. The van der Waals surface area contributed by atoms with Crippen LogP contribution in [0.5, 0.6) is 17.2 Å². The molecule has 0 unspecified atom stereocenters. The van der Waals surface area contributed by atoms with E-state index in [-0.39, 0.29) is 63.6 Å². The summed E-state index contributed by atoms with van der Waals surface area (Å²) in [6.45, 7) is 1.42. The van der Waals surface area contributed by atoms with Gasteiger partial charge in [-0.1, -0.05) is 0 Å². The zero-order chi connectivity index (χ0) is 26.8. The van der Waals surface area contributed by atoms with E-state index in [0.29, 0.717) is 12.1 Å². The molecule has 0 amide bonds. The summed E-state index contributed by atoms with van der Waals surface area (Å²) in [5.41, 5.74) is -3.55. The van der Waals surface area contributed by atoms with E-state index in [1.54, 1.807) is 0 Å². The van der Waals surface area contributed by atoms with Gasteiger partial charge in [-0.15, -0.1) is 5.11 Å². The van der Waals surface area contributed by atoms with Crippen molar-refractivity contribution in [1.29, 1.82) is 0 Å². The van der Waals surface area contributed by atoms with Crippen LogP contribution in [-0.4, -0.2) is 33.4 Å². The van der Waals surface area contributed by atoms with E-state index in [9.17, 15) is 48.5 Å². The van der Waals surface area contributed by atoms with Crippen LogP contribution < -0.4 is 39.8 Å². The summed E-state index contributed by atoms with van der Waals surface area (Å²) in [5, 5.41) is 71.1. The van der Waals surface area contributed by atoms with Crippen LogP contribution >= 0.6 is 0 Å². The minimum atomic E-state index is -4.71. The maximum Gasteiger partial charge on any atom is 3.00 e. The predicted octanol–water partition coefficient (Wildman–Crippen LogP) is 0.224. The number of hydrogen-bond acceptors (Lipinski definition) is 15. The van der Waals surface area contributed by atoms with E-state index in [0.717, 1.165) is 30.3 Å². The van der Waals surface area contributed by atoms with Gasteiger partial charge >= 0.3 is 46.9 Å². The minimum Gasteiger partial charge on any atom is -0.870 e. The van der Waals surface area contributed by atoms with Crippen molar-refractivity contribution >= 4 is 44.2 Å². The molecule has 3 aromatic rings. The Morgan fingerprint density at radius 2 is 1.38 bits per heavy atom. The van der Waals surface area contributed by atoms with Gasteiger partial charge in [-0.25, -0.2) is 8.42 Å². The molecule has 0 fully saturated rings. The van der Waals surface area contributed by atoms with E-state index in [1.165, 1.54) is 6.92 Å². The molecule has 3 rings (SSSR count). The van der Waals surface area contributed by atoms with Gasteiger partial charge in [0.05, 0.1) is 37.9 Å². The first-order valence-corrected chi connectivity index (χ1v) is 10.8. The third-order valence-corrected chi connectivity index (χ3v) is 5.34. The number of nitro groups is 2. The molecule has 0 saturated heterocycles. The predicted molar refractivity (Wildman–Crippen MR) is 116 cm³/mol. The maximum absolute atomic E-state index is 12.7. The molecule has 0 aliphatic carbocycles. The quantitative estimate of drug-likeness (QED) is 0.125. The Morgan fingerprint density at radius 1 is 0.821 bits per heavy atom. The van der Waals surface area contributed by atoms with E-state index in [2.05, 4.69) is 20.5 Å². The molecule has 2 N–H and O–H groups in total. The molecule has 0 aliphatic rings. The van der Waals surface area contributed by atoms with Crippen molar-refractivity contribution in [3.8, 4) is 17.2 Å². The standard InChI is InChI=1S/C19H14N6O10S.Cr.Na.H2O/c1-9-6-11(36(33,34)35)2-3-12(9)20-23-17-16(26)5-4-13(19(17)28)21-22-14-7-10(24(29)30)8-15(18(14)27)25(31)32;;;/h2-8,26-28H,1H3,(H,33,34,35);;;1H2/q;+3;+1;/p-4. The Kier molecular flexibility index (Phi) is 12.7. The monoisotopic (exact) mass is 607 g/mol. The molecule has 0 heterocycles. The Labute approximate surface area is 251 Å². The molecule has 3 aromatic carbocycles. The molecule has 20 heteroatoms. The minimum absolute atomic E-state index is 0. The van der Waals surface area contributed by atoms with Crippen molar-refractivity contribution in [2.45, 2.75) is 11.8 Å². The van der Waals surface area contributed by atoms with Gasteiger partial charge in [0.15, 0.2) is 0 Å². The molecule has 0 aromatic heterocycles. The summed E-state index contributed by atoms with van der Waals surface area (Å²) in [7, 11) is -4.71. The number of rotatable bonds is 7. The van der Waals surface area contributed by atoms with Gasteiger partial charge in [0, 0.05) is 11.8 Å². The Bertz CT molecular complexity index is 1580. The Balaban J connectivity index is 0.00000481. The number of azo groups is 2. The molecule has 0 aliphatic heterocycles. The zero-order valence-electron chi connectivity index (χ0n) is 19.6. The Morgan fingerprint density at radius 3 is 1.92 bits per heavy atom. The molecule has 197 valence electrons. The number of nitrogens with zero attached hydrogens (tertiary/aromatic N) is 6. The van der Waals surface area contributed by atoms with Crippen LogP contribution in [0.3, 0.4) is 0 Å². The fraction of sp³-hybridized carbons (Fsp3) is 0.0526. The Hall–Kier alpha value is -3.54. The van der Waals surface area contributed by atoms with Crippen molar-refractivity contribution in [1.82, 2.24) is 0 Å². The second kappa shape index (κ2) is 14.0. The van der Waals surface area contributed by atoms with Crippen LogP contribution in [0.4, 0.5) is 34.1 Å². The average Bonchev–Trinajstić information content (AvgIpc) is 2.79. The summed E-state index contributed by atoms with van der Waals surface area (Å²) in [5.74, 6) is -2.94. The average molecular weight is 607 g/mol. The third-order valence-electron chi connectivity index (χ3n) is 4.51. The topological polar surface area (TPSA) is 289 Å². The zero-order valence-corrected chi connectivity index (χ0v) is 23.7. The van der Waals surface area contributed by atoms with Gasteiger partial charge < -0.3 is 25.3 Å². The molecular weight excluding hydrogens is 595 g/mol. The van der Waals surface area contributed by atoms with Gasteiger partial charge in [0.2, 0.25) is 0 Å². The van der Waals surface area contributed by atoms with Crippen LogP contribution in [0, 0.1) is 27.2 Å². The normalized spacial score (nSPS) is 10.9. The molecule has 0 spiro atoms. The fourth-order valence-electron chi connectivity index (χ4n) is 2.73. The van der Waals surface area contributed by atoms with Crippen LogP contribution in [0.15, 0.2) is 67.8 Å². The van der Waals surface area contributed by atoms with Gasteiger partial charge in [-0.2, -0.15) is 15.3 Å². The molecule has 39 heavy (non-hydrogen) atoms. The van der Waals surface area contributed by atoms with E-state index < -0.39 is 70.5 Å². The van der Waals surface area contributed by atoms with Gasteiger partial charge in [-0.3, -0.25) is 20.2 Å². The molecule has 0 saturated carbocycles. The summed E-state index contributed by atoms with van der Waals surface area (Å²) in [6, 6.07) is 6.23. The SMILES string of the molecule is Cc1cc(S(=O)(=O)[O-])ccc1N=Nc1c(O)ccc(N=Nc2cc([N+](=O)[O-])cc([N+](=O)[O-])c2[O-])c1[O-].[Cr+3].[Na+].[OH-]. The number of benzene rings is 3. The summed E-state index contributed by atoms with van der Waals surface area (Å²) in [6.07, 6.45) is 0. The van der Waals surface area contributed by atoms with Crippen LogP contribution in [0.2, 0.25) is 0 Å². The third kappa shape index (κ3) is 8.22. The van der Waals surface area contributed by atoms with Crippen molar-refractivity contribution in [3.63, 3.8) is 0 Å². The van der Waals surface area contributed by atoms with Crippen molar-refractivity contribution in [2.24, 2.45) is 20.5 Å². The molecule has 1 radical (unpaired) electrons. The fourth-order valence-corrected chi connectivity index (χ4v) is 3.29. The molecular formula is C19H12CrN6NaO11S. The van der Waals surface area contributed by atoms with Gasteiger partial charge in [0.1, 0.15) is 21.6 Å². The first-order valence-electron chi connectivity index (χ1n) is 9.36. The first kappa shape index (κ1) is 35.5. The van der Waals surface area contributed by atoms with Crippen LogP contribution in [0.1, 0.15) is 5.56 Å². The molecule has 0 bridgehead atoms. The number of non-ortho nitro benzene ring substituents is 1. The summed E-state index contributed by atoms with van der Waals surface area (Å²) < 4.78 is 33.3. The van der Waals surface area contributed by atoms with Gasteiger partial charge in [-0.05, 0) is 48.6 Å². The van der Waals surface area contributed by atoms with Crippen molar-refractivity contribution in [3.05, 3.63) is 68.3 Å². The maximum atomic E-state index is 12.7. The first-order chi connectivity index (χ1) is 16.8. The van der Waals surface area contributed by atoms with Crippen molar-refractivity contribution < 1.29 is 90.5 Å². The largest absolute Gasteiger partial charge is 3.00 e. The van der Waals surface area contributed by atoms with Gasteiger partial charge in [0.25, 0.3) is 11.4 Å². The van der Waals surface area contributed by atoms with Crippen molar-refractivity contribution in [2.75, 3.05) is 0 Å². The molecule has 17 nitrogen and oxygen atoms in total. The second-order valence-electron chi connectivity index (χ2n) is 6.91. The van der Waals surface area contributed by atoms with E-state index >= 15 is 0 Å².